The molecule has 0 heterocycles. The quantitative estimate of drug-likeness (QED) is 0.839. The van der Waals surface area contributed by atoms with Gasteiger partial charge in [0, 0.05) is 5.02 Å². The highest BCUT2D eigenvalue weighted by Gasteiger charge is 2.15. The van der Waals surface area contributed by atoms with Crippen molar-refractivity contribution < 1.29 is 9.13 Å². The number of ether oxygens (including phenoxy) is 1. The fraction of sp³-hybridized carbons (Fsp3) is 0.188. The standard InChI is InChI=1S/C16H13ClFNO/c1-20-16-7-6-15(18)9-12(16)8-13(10-19)11-2-4-14(17)5-3-11/h2-7,9,13H,8H2,1H3. The van der Waals surface area contributed by atoms with E-state index in [2.05, 4.69) is 6.07 Å². The third-order valence-corrected chi connectivity index (χ3v) is 3.35. The van der Waals surface area contributed by atoms with Crippen molar-refractivity contribution in [2.45, 2.75) is 12.3 Å². The fourth-order valence-corrected chi connectivity index (χ4v) is 2.19. The maximum absolute atomic E-state index is 13.3. The van der Waals surface area contributed by atoms with E-state index in [9.17, 15) is 9.65 Å². The summed E-state index contributed by atoms with van der Waals surface area (Å²) in [6.07, 6.45) is 0.388. The summed E-state index contributed by atoms with van der Waals surface area (Å²) in [5, 5.41) is 9.94. The average Bonchev–Trinajstić information content (AvgIpc) is 2.46. The largest absolute Gasteiger partial charge is 0.496 e. The van der Waals surface area contributed by atoms with Crippen molar-refractivity contribution >= 4 is 11.6 Å². The minimum Gasteiger partial charge on any atom is -0.496 e. The summed E-state index contributed by atoms with van der Waals surface area (Å²) in [7, 11) is 1.53. The van der Waals surface area contributed by atoms with Gasteiger partial charge < -0.3 is 4.74 Å². The molecule has 0 amide bonds. The molecule has 0 aliphatic rings. The smallest absolute Gasteiger partial charge is 0.123 e. The van der Waals surface area contributed by atoms with Gasteiger partial charge in [-0.2, -0.15) is 5.26 Å². The molecule has 0 aromatic heterocycles. The summed E-state index contributed by atoms with van der Waals surface area (Å²) in [5.41, 5.74) is 1.53. The van der Waals surface area contributed by atoms with Gasteiger partial charge in [-0.1, -0.05) is 23.7 Å². The first-order valence-electron chi connectivity index (χ1n) is 6.11. The Morgan fingerprint density at radius 3 is 2.55 bits per heavy atom. The van der Waals surface area contributed by atoms with Crippen LogP contribution in [0.25, 0.3) is 0 Å². The zero-order valence-corrected chi connectivity index (χ0v) is 11.7. The summed E-state index contributed by atoms with van der Waals surface area (Å²) in [4.78, 5) is 0. The highest BCUT2D eigenvalue weighted by molar-refractivity contribution is 6.30. The van der Waals surface area contributed by atoms with Gasteiger partial charge in [0.15, 0.2) is 0 Å². The lowest BCUT2D eigenvalue weighted by Crippen LogP contribution is -2.03. The minimum atomic E-state index is -0.372. The average molecular weight is 290 g/mol. The number of hydrogen-bond donors (Lipinski definition) is 0. The van der Waals surface area contributed by atoms with Gasteiger partial charge in [-0.15, -0.1) is 0 Å². The Balaban J connectivity index is 2.29. The molecule has 1 unspecified atom stereocenters. The molecule has 0 spiro atoms. The van der Waals surface area contributed by atoms with E-state index in [0.29, 0.717) is 22.8 Å². The van der Waals surface area contributed by atoms with Gasteiger partial charge in [0.1, 0.15) is 11.6 Å². The lowest BCUT2D eigenvalue weighted by atomic mass is 9.93. The zero-order chi connectivity index (χ0) is 14.5. The van der Waals surface area contributed by atoms with E-state index in [-0.39, 0.29) is 11.7 Å². The lowest BCUT2D eigenvalue weighted by Gasteiger charge is -2.13. The van der Waals surface area contributed by atoms with Crippen LogP contribution in [-0.2, 0) is 6.42 Å². The second-order valence-electron chi connectivity index (χ2n) is 4.39. The van der Waals surface area contributed by atoms with Crippen molar-refractivity contribution in [3.05, 3.63) is 64.4 Å². The molecule has 0 aliphatic carbocycles. The summed E-state index contributed by atoms with van der Waals surface area (Å²) < 4.78 is 18.5. The molecule has 2 rings (SSSR count). The molecule has 0 saturated carbocycles. The third-order valence-electron chi connectivity index (χ3n) is 3.09. The Morgan fingerprint density at radius 2 is 1.95 bits per heavy atom. The van der Waals surface area contributed by atoms with Crippen LogP contribution >= 0.6 is 11.6 Å². The van der Waals surface area contributed by atoms with Crippen molar-refractivity contribution in [1.82, 2.24) is 0 Å². The van der Waals surface area contributed by atoms with Gasteiger partial charge in [-0.3, -0.25) is 0 Å². The maximum Gasteiger partial charge on any atom is 0.123 e. The Hall–Kier alpha value is -2.05. The number of nitrogens with zero attached hydrogens (tertiary/aromatic N) is 1. The van der Waals surface area contributed by atoms with Gasteiger partial charge in [-0.05, 0) is 47.9 Å². The van der Waals surface area contributed by atoms with Crippen molar-refractivity contribution in [1.29, 1.82) is 5.26 Å². The Morgan fingerprint density at radius 1 is 1.25 bits per heavy atom. The Labute approximate surface area is 122 Å². The van der Waals surface area contributed by atoms with Crippen LogP contribution in [0.4, 0.5) is 4.39 Å². The van der Waals surface area contributed by atoms with Crippen molar-refractivity contribution in [3.8, 4) is 11.8 Å². The van der Waals surface area contributed by atoms with Gasteiger partial charge in [0.05, 0.1) is 19.1 Å². The van der Waals surface area contributed by atoms with Gasteiger partial charge in [-0.25, -0.2) is 4.39 Å². The zero-order valence-electron chi connectivity index (χ0n) is 10.9. The predicted molar refractivity (Wildman–Crippen MR) is 76.5 cm³/mol. The van der Waals surface area contributed by atoms with Crippen LogP contribution in [0.1, 0.15) is 17.0 Å². The van der Waals surface area contributed by atoms with Crippen LogP contribution in [-0.4, -0.2) is 7.11 Å². The van der Waals surface area contributed by atoms with Crippen LogP contribution in [0.3, 0.4) is 0 Å². The molecule has 20 heavy (non-hydrogen) atoms. The molecule has 2 aromatic carbocycles. The molecule has 0 aliphatic heterocycles. The SMILES string of the molecule is COc1ccc(F)cc1CC(C#N)c1ccc(Cl)cc1. The van der Waals surface area contributed by atoms with Gasteiger partial charge >= 0.3 is 0 Å². The van der Waals surface area contributed by atoms with E-state index in [1.807, 2.05) is 12.1 Å². The van der Waals surface area contributed by atoms with Gasteiger partial charge in [0.25, 0.3) is 0 Å². The molecule has 102 valence electrons. The second kappa shape index (κ2) is 6.40. The Kier molecular flexibility index (Phi) is 4.60. The second-order valence-corrected chi connectivity index (χ2v) is 4.83. The highest BCUT2D eigenvalue weighted by Crippen LogP contribution is 2.27. The molecule has 0 saturated heterocycles. The predicted octanol–water partition coefficient (Wildman–Crippen LogP) is 4.34. The number of nitriles is 1. The van der Waals surface area contributed by atoms with Crippen molar-refractivity contribution in [2.75, 3.05) is 7.11 Å². The van der Waals surface area contributed by atoms with Gasteiger partial charge in [0.2, 0.25) is 0 Å². The monoisotopic (exact) mass is 289 g/mol. The van der Waals surface area contributed by atoms with E-state index in [1.54, 1.807) is 18.2 Å². The number of halogens is 2. The van der Waals surface area contributed by atoms with Crippen LogP contribution in [0.2, 0.25) is 5.02 Å². The fourth-order valence-electron chi connectivity index (χ4n) is 2.06. The van der Waals surface area contributed by atoms with Crippen LogP contribution in [0.5, 0.6) is 5.75 Å². The molecule has 2 nitrogen and oxygen atoms in total. The summed E-state index contributed by atoms with van der Waals surface area (Å²) >= 11 is 5.84. The minimum absolute atomic E-state index is 0.339. The summed E-state index contributed by atoms with van der Waals surface area (Å²) in [6.45, 7) is 0. The highest BCUT2D eigenvalue weighted by atomic mass is 35.5. The molecule has 1 atom stereocenters. The van der Waals surface area contributed by atoms with E-state index in [1.165, 1.54) is 19.2 Å². The van der Waals surface area contributed by atoms with E-state index in [0.717, 1.165) is 5.56 Å². The van der Waals surface area contributed by atoms with Crippen LogP contribution < -0.4 is 4.74 Å². The molecular formula is C16H13ClFNO. The first-order valence-corrected chi connectivity index (χ1v) is 6.49. The summed E-state index contributed by atoms with van der Waals surface area (Å²) in [5.74, 6) is -0.128. The number of benzene rings is 2. The van der Waals surface area contributed by atoms with Crippen LogP contribution in [0.15, 0.2) is 42.5 Å². The first kappa shape index (κ1) is 14.4. The van der Waals surface area contributed by atoms with Crippen molar-refractivity contribution in [2.24, 2.45) is 0 Å². The number of hydrogen-bond acceptors (Lipinski definition) is 2. The number of rotatable bonds is 4. The lowest BCUT2D eigenvalue weighted by molar-refractivity contribution is 0.407. The molecule has 2 aromatic rings. The topological polar surface area (TPSA) is 33.0 Å². The van der Waals surface area contributed by atoms with E-state index >= 15 is 0 Å². The maximum atomic E-state index is 13.3. The number of methoxy groups -OCH3 is 1. The molecule has 0 radical (unpaired) electrons. The van der Waals surface area contributed by atoms with E-state index < -0.39 is 0 Å². The normalized spacial score (nSPS) is 11.7. The van der Waals surface area contributed by atoms with Crippen LogP contribution in [0, 0.1) is 17.1 Å². The third kappa shape index (κ3) is 3.28. The van der Waals surface area contributed by atoms with E-state index in [4.69, 9.17) is 16.3 Å². The molecule has 0 N–H and O–H groups in total. The Bertz CT molecular complexity index is 634. The molecule has 0 fully saturated rings. The molecule has 0 bridgehead atoms. The molecular weight excluding hydrogens is 277 g/mol. The van der Waals surface area contributed by atoms with Crippen molar-refractivity contribution in [3.63, 3.8) is 0 Å². The molecule has 4 heteroatoms. The first-order chi connectivity index (χ1) is 9.63. The summed E-state index contributed by atoms with van der Waals surface area (Å²) in [6, 6.07) is 13.6.